The van der Waals surface area contributed by atoms with Gasteiger partial charge in [0.1, 0.15) is 0 Å². The van der Waals surface area contributed by atoms with Crippen molar-refractivity contribution in [1.82, 2.24) is 9.80 Å². The third-order valence-electron chi connectivity index (χ3n) is 5.34. The van der Waals surface area contributed by atoms with E-state index in [0.29, 0.717) is 13.1 Å². The molecule has 2 aliphatic heterocycles. The summed E-state index contributed by atoms with van der Waals surface area (Å²) in [6.45, 7) is 3.23. The molecule has 0 radical (unpaired) electrons. The van der Waals surface area contributed by atoms with Crippen LogP contribution in [-0.4, -0.2) is 41.6 Å². The van der Waals surface area contributed by atoms with Crippen LogP contribution in [0.1, 0.15) is 36.4 Å². The van der Waals surface area contributed by atoms with E-state index in [1.807, 2.05) is 29.2 Å². The van der Waals surface area contributed by atoms with Gasteiger partial charge >= 0.3 is 0 Å². The van der Waals surface area contributed by atoms with E-state index < -0.39 is 0 Å². The third kappa shape index (κ3) is 3.97. The monoisotopic (exact) mass is 350 g/mol. The minimum Gasteiger partial charge on any atom is -0.377 e. The summed E-state index contributed by atoms with van der Waals surface area (Å²) in [5, 5.41) is 0. The molecule has 2 heterocycles. The first-order valence-corrected chi connectivity index (χ1v) is 9.52. The maximum Gasteiger partial charge on any atom is 0.226 e. The van der Waals surface area contributed by atoms with Gasteiger partial charge in [-0.2, -0.15) is 0 Å². The van der Waals surface area contributed by atoms with Crippen LogP contribution in [0.5, 0.6) is 0 Å². The molecule has 26 heavy (non-hydrogen) atoms. The second-order valence-electron chi connectivity index (χ2n) is 7.27. The lowest BCUT2D eigenvalue weighted by molar-refractivity contribution is -0.151. The van der Waals surface area contributed by atoms with Crippen LogP contribution in [0, 0.1) is 0 Å². The fourth-order valence-corrected chi connectivity index (χ4v) is 3.91. The summed E-state index contributed by atoms with van der Waals surface area (Å²) < 4.78 is 5.85. The second kappa shape index (κ2) is 8.02. The SMILES string of the molecule is O=C1CC(c2ccccc2)N1CN(Cc1ccccc1)CC1CCCO1. The van der Waals surface area contributed by atoms with Crippen molar-refractivity contribution in [2.24, 2.45) is 0 Å². The first-order chi connectivity index (χ1) is 12.8. The Morgan fingerprint density at radius 2 is 1.77 bits per heavy atom. The van der Waals surface area contributed by atoms with Crippen molar-refractivity contribution < 1.29 is 9.53 Å². The zero-order chi connectivity index (χ0) is 17.8. The van der Waals surface area contributed by atoms with Crippen molar-refractivity contribution in [2.45, 2.75) is 38.0 Å². The Morgan fingerprint density at radius 3 is 2.42 bits per heavy atom. The van der Waals surface area contributed by atoms with E-state index in [2.05, 4.69) is 41.3 Å². The minimum atomic E-state index is 0.200. The molecular formula is C22H26N2O2. The molecule has 2 unspecified atom stereocenters. The van der Waals surface area contributed by atoms with Crippen LogP contribution in [0.4, 0.5) is 0 Å². The number of carbonyl (C=O) groups is 1. The number of hydrogen-bond donors (Lipinski definition) is 0. The molecule has 2 aromatic carbocycles. The number of hydrogen-bond acceptors (Lipinski definition) is 3. The fraction of sp³-hybridized carbons (Fsp3) is 0.409. The molecule has 2 atom stereocenters. The Kier molecular flexibility index (Phi) is 5.32. The molecule has 0 spiro atoms. The van der Waals surface area contributed by atoms with Gasteiger partial charge < -0.3 is 9.64 Å². The normalized spacial score (nSPS) is 22.7. The largest absolute Gasteiger partial charge is 0.377 e. The summed E-state index contributed by atoms with van der Waals surface area (Å²) in [4.78, 5) is 16.7. The number of carbonyl (C=O) groups excluding carboxylic acids is 1. The lowest BCUT2D eigenvalue weighted by Crippen LogP contribution is -2.52. The van der Waals surface area contributed by atoms with Crippen molar-refractivity contribution >= 4 is 5.91 Å². The van der Waals surface area contributed by atoms with Crippen molar-refractivity contribution in [3.8, 4) is 0 Å². The standard InChI is InChI=1S/C22H26N2O2/c25-22-14-21(19-10-5-2-6-11-19)24(22)17-23(16-20-12-7-13-26-20)15-18-8-3-1-4-9-18/h1-6,8-11,20-21H,7,12-17H2. The van der Waals surface area contributed by atoms with Crippen LogP contribution in [0.25, 0.3) is 0 Å². The molecule has 4 rings (SSSR count). The van der Waals surface area contributed by atoms with E-state index in [1.165, 1.54) is 11.1 Å². The fourth-order valence-electron chi connectivity index (χ4n) is 3.91. The number of β-lactam (4-membered cyclic amide) rings is 1. The van der Waals surface area contributed by atoms with Crippen molar-refractivity contribution in [3.63, 3.8) is 0 Å². The number of benzene rings is 2. The van der Waals surface area contributed by atoms with Gasteiger partial charge in [-0.05, 0) is 24.0 Å². The Balaban J connectivity index is 1.46. The number of nitrogens with zero attached hydrogens (tertiary/aromatic N) is 2. The molecular weight excluding hydrogens is 324 g/mol. The number of likely N-dealkylation sites (tertiary alicyclic amines) is 1. The molecule has 2 fully saturated rings. The Labute approximate surface area is 155 Å². The van der Waals surface area contributed by atoms with Gasteiger partial charge in [-0.3, -0.25) is 9.69 Å². The summed E-state index contributed by atoms with van der Waals surface area (Å²) in [5.74, 6) is 0.240. The average molecular weight is 350 g/mol. The van der Waals surface area contributed by atoms with Gasteiger partial charge in [0, 0.05) is 19.7 Å². The molecule has 0 saturated carbocycles. The van der Waals surface area contributed by atoms with Crippen molar-refractivity contribution in [1.29, 1.82) is 0 Å². The van der Waals surface area contributed by atoms with E-state index in [4.69, 9.17) is 4.74 Å². The number of amides is 1. The predicted octanol–water partition coefficient (Wildman–Crippen LogP) is 3.60. The average Bonchev–Trinajstić information content (AvgIpc) is 3.18. The molecule has 2 saturated heterocycles. The Bertz CT molecular complexity index is 713. The van der Waals surface area contributed by atoms with Gasteiger partial charge in [-0.15, -0.1) is 0 Å². The second-order valence-corrected chi connectivity index (χ2v) is 7.27. The van der Waals surface area contributed by atoms with Crippen molar-refractivity contribution in [3.05, 3.63) is 71.8 Å². The van der Waals surface area contributed by atoms with E-state index >= 15 is 0 Å². The van der Waals surface area contributed by atoms with Gasteiger partial charge in [0.25, 0.3) is 0 Å². The smallest absolute Gasteiger partial charge is 0.226 e. The van der Waals surface area contributed by atoms with Crippen LogP contribution in [0.2, 0.25) is 0 Å². The molecule has 0 bridgehead atoms. The summed E-state index contributed by atoms with van der Waals surface area (Å²) in [7, 11) is 0. The maximum atomic E-state index is 12.3. The van der Waals surface area contributed by atoms with Crippen LogP contribution < -0.4 is 0 Å². The molecule has 0 aromatic heterocycles. The van der Waals surface area contributed by atoms with Gasteiger partial charge in [-0.25, -0.2) is 0 Å². The molecule has 4 heteroatoms. The third-order valence-corrected chi connectivity index (χ3v) is 5.34. The Morgan fingerprint density at radius 1 is 1.04 bits per heavy atom. The van der Waals surface area contributed by atoms with Gasteiger partial charge in [0.15, 0.2) is 0 Å². The number of ether oxygens (including phenoxy) is 1. The molecule has 2 aliphatic rings. The molecule has 4 nitrogen and oxygen atoms in total. The van der Waals surface area contributed by atoms with Crippen molar-refractivity contribution in [2.75, 3.05) is 19.8 Å². The van der Waals surface area contributed by atoms with Crippen LogP contribution >= 0.6 is 0 Å². The topological polar surface area (TPSA) is 32.8 Å². The minimum absolute atomic E-state index is 0.200. The number of rotatable bonds is 7. The van der Waals surface area contributed by atoms with Crippen LogP contribution in [-0.2, 0) is 16.1 Å². The van der Waals surface area contributed by atoms with E-state index in [1.54, 1.807) is 0 Å². The summed E-state index contributed by atoms with van der Waals surface area (Å²) in [5.41, 5.74) is 2.50. The highest BCUT2D eigenvalue weighted by atomic mass is 16.5. The first-order valence-electron chi connectivity index (χ1n) is 9.52. The van der Waals surface area contributed by atoms with Crippen LogP contribution in [0.3, 0.4) is 0 Å². The van der Waals surface area contributed by atoms with E-state index in [-0.39, 0.29) is 18.1 Å². The van der Waals surface area contributed by atoms with E-state index in [9.17, 15) is 4.79 Å². The molecule has 136 valence electrons. The van der Waals surface area contributed by atoms with Gasteiger partial charge in [0.05, 0.1) is 25.2 Å². The first kappa shape index (κ1) is 17.3. The van der Waals surface area contributed by atoms with Gasteiger partial charge in [-0.1, -0.05) is 60.7 Å². The quantitative estimate of drug-likeness (QED) is 0.715. The molecule has 2 aromatic rings. The van der Waals surface area contributed by atoms with Gasteiger partial charge in [0.2, 0.25) is 5.91 Å². The van der Waals surface area contributed by atoms with Crippen LogP contribution in [0.15, 0.2) is 60.7 Å². The summed E-state index contributed by atoms with van der Waals surface area (Å²) >= 11 is 0. The summed E-state index contributed by atoms with van der Waals surface area (Å²) in [6.07, 6.45) is 3.15. The zero-order valence-electron chi connectivity index (χ0n) is 15.1. The van der Waals surface area contributed by atoms with E-state index in [0.717, 1.165) is 32.5 Å². The highest BCUT2D eigenvalue weighted by molar-refractivity contribution is 5.83. The zero-order valence-corrected chi connectivity index (χ0v) is 15.1. The summed E-state index contributed by atoms with van der Waals surface area (Å²) in [6, 6.07) is 21.0. The predicted molar refractivity (Wildman–Crippen MR) is 101 cm³/mol. The molecule has 1 amide bonds. The highest BCUT2D eigenvalue weighted by Crippen LogP contribution is 2.34. The lowest BCUT2D eigenvalue weighted by atomic mass is 9.94. The molecule has 0 N–H and O–H groups in total. The highest BCUT2D eigenvalue weighted by Gasteiger charge is 2.38. The lowest BCUT2D eigenvalue weighted by Gasteiger charge is -2.44. The molecule has 0 aliphatic carbocycles. The Hall–Kier alpha value is -2.17. The maximum absolute atomic E-state index is 12.3.